The molecule has 2 aromatic rings. The Morgan fingerprint density at radius 2 is 1.95 bits per heavy atom. The summed E-state index contributed by atoms with van der Waals surface area (Å²) in [5.41, 5.74) is 1.88. The Kier molecular flexibility index (Phi) is 4.55. The van der Waals surface area contributed by atoms with Crippen molar-refractivity contribution in [3.63, 3.8) is 0 Å². The van der Waals surface area contributed by atoms with Gasteiger partial charge >= 0.3 is 0 Å². The molecular formula is C16H20N2OS. The van der Waals surface area contributed by atoms with Crippen molar-refractivity contribution >= 4 is 17.2 Å². The van der Waals surface area contributed by atoms with Crippen molar-refractivity contribution in [2.45, 2.75) is 20.8 Å². The van der Waals surface area contributed by atoms with Crippen molar-refractivity contribution in [3.05, 3.63) is 40.9 Å². The van der Waals surface area contributed by atoms with Crippen molar-refractivity contribution in [1.29, 1.82) is 0 Å². The van der Waals surface area contributed by atoms with Crippen LogP contribution in [0.2, 0.25) is 0 Å². The number of aromatic nitrogens is 1. The van der Waals surface area contributed by atoms with E-state index in [1.807, 2.05) is 44.3 Å². The molecule has 0 bridgehead atoms. The third-order valence-corrected chi connectivity index (χ3v) is 4.19. The van der Waals surface area contributed by atoms with Crippen LogP contribution in [0.1, 0.15) is 29.2 Å². The van der Waals surface area contributed by atoms with Crippen LogP contribution in [0.25, 0.3) is 10.6 Å². The quantitative estimate of drug-likeness (QED) is 0.856. The van der Waals surface area contributed by atoms with E-state index in [4.69, 9.17) is 0 Å². The smallest absolute Gasteiger partial charge is 0.265 e. The molecule has 2 rings (SSSR count). The van der Waals surface area contributed by atoms with Gasteiger partial charge in [-0.3, -0.25) is 4.79 Å². The highest BCUT2D eigenvalue weighted by atomic mass is 32.1. The summed E-state index contributed by atoms with van der Waals surface area (Å²) in [5.74, 6) is 0.529. The van der Waals surface area contributed by atoms with Gasteiger partial charge < -0.3 is 4.90 Å². The maximum atomic E-state index is 12.4. The number of rotatable bonds is 4. The largest absolute Gasteiger partial charge is 0.341 e. The Morgan fingerprint density at radius 3 is 2.55 bits per heavy atom. The van der Waals surface area contributed by atoms with E-state index >= 15 is 0 Å². The van der Waals surface area contributed by atoms with Crippen LogP contribution >= 0.6 is 11.3 Å². The third-order valence-electron chi connectivity index (χ3n) is 3.00. The lowest BCUT2D eigenvalue weighted by atomic mass is 10.2. The van der Waals surface area contributed by atoms with Gasteiger partial charge in [-0.1, -0.05) is 44.2 Å². The first-order valence-corrected chi connectivity index (χ1v) is 7.59. The fraction of sp³-hybridized carbons (Fsp3) is 0.375. The van der Waals surface area contributed by atoms with Gasteiger partial charge in [-0.25, -0.2) is 4.98 Å². The second-order valence-corrected chi connectivity index (χ2v) is 6.38. The van der Waals surface area contributed by atoms with Crippen LogP contribution in [-0.4, -0.2) is 29.4 Å². The summed E-state index contributed by atoms with van der Waals surface area (Å²) in [6.07, 6.45) is 0. The topological polar surface area (TPSA) is 33.2 Å². The minimum absolute atomic E-state index is 0.0656. The number of aryl methyl sites for hydroxylation is 1. The Bertz CT molecular complexity index is 590. The molecule has 0 fully saturated rings. The summed E-state index contributed by atoms with van der Waals surface area (Å²) in [7, 11) is 1.85. The Morgan fingerprint density at radius 1 is 1.30 bits per heavy atom. The second kappa shape index (κ2) is 6.18. The molecule has 4 heteroatoms. The van der Waals surface area contributed by atoms with E-state index in [2.05, 4.69) is 18.8 Å². The molecule has 0 spiro atoms. The van der Waals surface area contributed by atoms with E-state index in [9.17, 15) is 4.79 Å². The Hall–Kier alpha value is -1.68. The fourth-order valence-corrected chi connectivity index (χ4v) is 3.17. The number of carbonyl (C=O) groups is 1. The standard InChI is InChI=1S/C16H20N2OS/c1-11(2)10-18(4)16(19)14-12(3)17-15(20-14)13-8-6-5-7-9-13/h5-9,11H,10H2,1-4H3. The van der Waals surface area contributed by atoms with Crippen LogP contribution in [0.15, 0.2) is 30.3 Å². The van der Waals surface area contributed by atoms with Gasteiger partial charge in [-0.15, -0.1) is 11.3 Å². The highest BCUT2D eigenvalue weighted by Crippen LogP contribution is 2.28. The van der Waals surface area contributed by atoms with Crippen LogP contribution in [0.3, 0.4) is 0 Å². The number of amides is 1. The molecule has 0 aliphatic rings. The number of hydrogen-bond acceptors (Lipinski definition) is 3. The van der Waals surface area contributed by atoms with E-state index in [1.54, 1.807) is 4.90 Å². The Labute approximate surface area is 124 Å². The predicted octanol–water partition coefficient (Wildman–Crippen LogP) is 3.85. The highest BCUT2D eigenvalue weighted by Gasteiger charge is 2.19. The molecule has 1 amide bonds. The van der Waals surface area contributed by atoms with Crippen LogP contribution in [0, 0.1) is 12.8 Å². The summed E-state index contributed by atoms with van der Waals surface area (Å²) in [5, 5.41) is 0.907. The van der Waals surface area contributed by atoms with Gasteiger partial charge in [-0.05, 0) is 12.8 Å². The average Bonchev–Trinajstić information content (AvgIpc) is 2.80. The molecule has 0 N–H and O–H groups in total. The molecule has 1 heterocycles. The van der Waals surface area contributed by atoms with Crippen molar-refractivity contribution in [2.75, 3.05) is 13.6 Å². The molecule has 0 radical (unpaired) electrons. The van der Waals surface area contributed by atoms with Crippen LogP contribution < -0.4 is 0 Å². The van der Waals surface area contributed by atoms with E-state index in [0.29, 0.717) is 5.92 Å². The maximum absolute atomic E-state index is 12.4. The lowest BCUT2D eigenvalue weighted by Gasteiger charge is -2.18. The lowest BCUT2D eigenvalue weighted by molar-refractivity contribution is 0.0783. The maximum Gasteiger partial charge on any atom is 0.265 e. The molecule has 106 valence electrons. The normalized spacial score (nSPS) is 10.8. The highest BCUT2D eigenvalue weighted by molar-refractivity contribution is 7.17. The molecule has 3 nitrogen and oxygen atoms in total. The molecule has 0 unspecified atom stereocenters. The van der Waals surface area contributed by atoms with Crippen molar-refractivity contribution < 1.29 is 4.79 Å². The third kappa shape index (κ3) is 3.25. The summed E-state index contributed by atoms with van der Waals surface area (Å²) in [6, 6.07) is 9.98. The number of nitrogens with zero attached hydrogens (tertiary/aromatic N) is 2. The van der Waals surface area contributed by atoms with E-state index in [1.165, 1.54) is 11.3 Å². The van der Waals surface area contributed by atoms with E-state index in [-0.39, 0.29) is 5.91 Å². The van der Waals surface area contributed by atoms with Gasteiger partial charge in [0.05, 0.1) is 5.69 Å². The fourth-order valence-electron chi connectivity index (χ4n) is 2.10. The van der Waals surface area contributed by atoms with E-state index in [0.717, 1.165) is 27.7 Å². The first-order chi connectivity index (χ1) is 9.49. The molecular weight excluding hydrogens is 268 g/mol. The first kappa shape index (κ1) is 14.7. The second-order valence-electron chi connectivity index (χ2n) is 5.38. The molecule has 0 aliphatic carbocycles. The molecule has 1 aromatic carbocycles. The van der Waals surface area contributed by atoms with Crippen LogP contribution in [0.5, 0.6) is 0 Å². The number of carbonyl (C=O) groups excluding carboxylic acids is 1. The number of benzene rings is 1. The minimum Gasteiger partial charge on any atom is -0.341 e. The summed E-state index contributed by atoms with van der Waals surface area (Å²) in [4.78, 5) is 19.5. The zero-order valence-electron chi connectivity index (χ0n) is 12.4. The predicted molar refractivity (Wildman–Crippen MR) is 84.1 cm³/mol. The van der Waals surface area contributed by atoms with Crippen LogP contribution in [-0.2, 0) is 0 Å². The van der Waals surface area contributed by atoms with Crippen molar-refractivity contribution in [2.24, 2.45) is 5.92 Å². The Balaban J connectivity index is 2.26. The molecule has 20 heavy (non-hydrogen) atoms. The van der Waals surface area contributed by atoms with Gasteiger partial charge in [0.2, 0.25) is 0 Å². The van der Waals surface area contributed by atoms with Crippen LogP contribution in [0.4, 0.5) is 0 Å². The zero-order chi connectivity index (χ0) is 14.7. The van der Waals surface area contributed by atoms with Gasteiger partial charge in [0.15, 0.2) is 0 Å². The molecule has 0 saturated heterocycles. The van der Waals surface area contributed by atoms with Gasteiger partial charge in [0.25, 0.3) is 5.91 Å². The minimum atomic E-state index is 0.0656. The first-order valence-electron chi connectivity index (χ1n) is 6.77. The SMILES string of the molecule is Cc1nc(-c2ccccc2)sc1C(=O)N(C)CC(C)C. The summed E-state index contributed by atoms with van der Waals surface area (Å²) >= 11 is 1.47. The monoisotopic (exact) mass is 288 g/mol. The van der Waals surface area contributed by atoms with Gasteiger partial charge in [0.1, 0.15) is 9.88 Å². The summed E-state index contributed by atoms with van der Waals surface area (Å²) in [6.45, 7) is 6.88. The van der Waals surface area contributed by atoms with E-state index < -0.39 is 0 Å². The number of hydrogen-bond donors (Lipinski definition) is 0. The van der Waals surface area contributed by atoms with Gasteiger partial charge in [-0.2, -0.15) is 0 Å². The molecule has 0 atom stereocenters. The average molecular weight is 288 g/mol. The zero-order valence-corrected chi connectivity index (χ0v) is 13.2. The van der Waals surface area contributed by atoms with Crippen molar-refractivity contribution in [3.8, 4) is 10.6 Å². The molecule has 1 aromatic heterocycles. The lowest BCUT2D eigenvalue weighted by Crippen LogP contribution is -2.30. The molecule has 0 aliphatic heterocycles. The van der Waals surface area contributed by atoms with Gasteiger partial charge in [0, 0.05) is 19.2 Å². The van der Waals surface area contributed by atoms with Crippen molar-refractivity contribution in [1.82, 2.24) is 9.88 Å². The number of thiazole rings is 1. The summed E-state index contributed by atoms with van der Waals surface area (Å²) < 4.78 is 0. The molecule has 0 saturated carbocycles.